The van der Waals surface area contributed by atoms with Crippen LogP contribution in [0.4, 0.5) is 10.1 Å². The van der Waals surface area contributed by atoms with E-state index >= 15 is 0 Å². The summed E-state index contributed by atoms with van der Waals surface area (Å²) in [5, 5.41) is 11.6. The first-order valence-electron chi connectivity index (χ1n) is 9.12. The zero-order chi connectivity index (χ0) is 19.9. The number of nitriles is 1. The summed E-state index contributed by atoms with van der Waals surface area (Å²) in [7, 11) is 0. The second kappa shape index (κ2) is 9.11. The molecular formula is C21H21FN4O2. The van der Waals surface area contributed by atoms with Gasteiger partial charge < -0.3 is 10.2 Å². The normalized spacial score (nSPS) is 14.4. The molecule has 1 fully saturated rings. The van der Waals surface area contributed by atoms with E-state index in [0.29, 0.717) is 56.0 Å². The number of carbonyl (C=O) groups is 2. The van der Waals surface area contributed by atoms with E-state index < -0.39 is 0 Å². The fourth-order valence-corrected chi connectivity index (χ4v) is 3.06. The summed E-state index contributed by atoms with van der Waals surface area (Å²) in [6, 6.07) is 14.3. The van der Waals surface area contributed by atoms with Crippen LogP contribution in [-0.2, 0) is 4.79 Å². The molecule has 2 aromatic carbocycles. The summed E-state index contributed by atoms with van der Waals surface area (Å²) >= 11 is 0. The predicted octanol–water partition coefficient (Wildman–Crippen LogP) is 2.48. The van der Waals surface area contributed by atoms with Crippen LogP contribution in [0.15, 0.2) is 48.5 Å². The molecule has 0 atom stereocenters. The first-order chi connectivity index (χ1) is 13.5. The molecular weight excluding hydrogens is 359 g/mol. The Morgan fingerprint density at radius 2 is 1.64 bits per heavy atom. The molecule has 3 rings (SSSR count). The van der Waals surface area contributed by atoms with Crippen molar-refractivity contribution in [1.29, 1.82) is 5.26 Å². The number of halogens is 1. The van der Waals surface area contributed by atoms with Crippen molar-refractivity contribution >= 4 is 17.5 Å². The Bertz CT molecular complexity index is 867. The molecule has 2 aromatic rings. The number of rotatable bonds is 5. The van der Waals surface area contributed by atoms with Gasteiger partial charge in [-0.25, -0.2) is 4.39 Å². The minimum Gasteiger partial charge on any atom is -0.336 e. The van der Waals surface area contributed by atoms with Gasteiger partial charge in [-0.3, -0.25) is 14.5 Å². The summed E-state index contributed by atoms with van der Waals surface area (Å²) in [5.74, 6) is -0.548. The minimum absolute atomic E-state index is 0.0884. The molecule has 2 amide bonds. The third-order valence-electron chi connectivity index (χ3n) is 4.70. The number of hydrogen-bond acceptors (Lipinski definition) is 4. The molecule has 1 aliphatic rings. The van der Waals surface area contributed by atoms with Crippen molar-refractivity contribution in [3.05, 3.63) is 65.5 Å². The fraction of sp³-hybridized carbons (Fsp3) is 0.286. The van der Waals surface area contributed by atoms with Crippen LogP contribution in [0.1, 0.15) is 22.3 Å². The van der Waals surface area contributed by atoms with E-state index in [1.54, 1.807) is 29.2 Å². The lowest BCUT2D eigenvalue weighted by atomic mass is 10.1. The summed E-state index contributed by atoms with van der Waals surface area (Å²) in [4.78, 5) is 28.4. The Morgan fingerprint density at radius 1 is 1.00 bits per heavy atom. The van der Waals surface area contributed by atoms with Gasteiger partial charge in [0.25, 0.3) is 5.91 Å². The summed E-state index contributed by atoms with van der Waals surface area (Å²) in [5.41, 5.74) is 1.70. The Balaban J connectivity index is 1.41. The van der Waals surface area contributed by atoms with E-state index in [0.717, 1.165) is 0 Å². The third-order valence-corrected chi connectivity index (χ3v) is 4.70. The Kier molecular flexibility index (Phi) is 6.35. The van der Waals surface area contributed by atoms with E-state index in [1.807, 2.05) is 6.07 Å². The SMILES string of the molecule is N#Cc1ccc(NC(=O)CCN2CCN(C(=O)c3ccc(F)cc3)CC2)cc1. The lowest BCUT2D eigenvalue weighted by Gasteiger charge is -2.34. The van der Waals surface area contributed by atoms with Gasteiger partial charge in [-0.15, -0.1) is 0 Å². The van der Waals surface area contributed by atoms with Crippen LogP contribution < -0.4 is 5.32 Å². The number of carbonyl (C=O) groups excluding carboxylic acids is 2. The highest BCUT2D eigenvalue weighted by molar-refractivity contribution is 5.94. The molecule has 0 spiro atoms. The fourth-order valence-electron chi connectivity index (χ4n) is 3.06. The second-order valence-electron chi connectivity index (χ2n) is 6.63. The topological polar surface area (TPSA) is 76.4 Å². The Morgan fingerprint density at radius 3 is 2.25 bits per heavy atom. The molecule has 1 N–H and O–H groups in total. The highest BCUT2D eigenvalue weighted by Gasteiger charge is 2.22. The number of piperazine rings is 1. The van der Waals surface area contributed by atoms with Gasteiger partial charge >= 0.3 is 0 Å². The zero-order valence-electron chi connectivity index (χ0n) is 15.4. The van der Waals surface area contributed by atoms with E-state index in [-0.39, 0.29) is 17.6 Å². The largest absolute Gasteiger partial charge is 0.336 e. The van der Waals surface area contributed by atoms with E-state index in [2.05, 4.69) is 10.2 Å². The first-order valence-corrected chi connectivity index (χ1v) is 9.12. The van der Waals surface area contributed by atoms with Gasteiger partial charge in [0, 0.05) is 50.4 Å². The van der Waals surface area contributed by atoms with Crippen molar-refractivity contribution in [3.8, 4) is 6.07 Å². The molecule has 7 heteroatoms. The monoisotopic (exact) mass is 380 g/mol. The first kappa shape index (κ1) is 19.5. The average molecular weight is 380 g/mol. The zero-order valence-corrected chi connectivity index (χ0v) is 15.4. The van der Waals surface area contributed by atoms with Gasteiger partial charge in [-0.2, -0.15) is 5.26 Å². The van der Waals surface area contributed by atoms with Gasteiger partial charge in [-0.05, 0) is 48.5 Å². The molecule has 1 aliphatic heterocycles. The van der Waals surface area contributed by atoms with Crippen LogP contribution in [0, 0.1) is 17.1 Å². The Labute approximate surface area is 163 Å². The standard InChI is InChI=1S/C21H21FN4O2/c22-18-5-3-17(4-6-18)21(28)26-13-11-25(12-14-26)10-9-20(27)24-19-7-1-16(15-23)2-8-19/h1-8H,9-14H2,(H,24,27). The molecule has 144 valence electrons. The quantitative estimate of drug-likeness (QED) is 0.865. The van der Waals surface area contributed by atoms with Crippen LogP contribution in [-0.4, -0.2) is 54.3 Å². The summed E-state index contributed by atoms with van der Waals surface area (Å²) in [6.07, 6.45) is 0.353. The second-order valence-corrected chi connectivity index (χ2v) is 6.63. The van der Waals surface area contributed by atoms with E-state index in [9.17, 15) is 14.0 Å². The maximum atomic E-state index is 13.0. The Hall–Kier alpha value is -3.24. The van der Waals surface area contributed by atoms with Crippen molar-refractivity contribution in [3.63, 3.8) is 0 Å². The van der Waals surface area contributed by atoms with Crippen LogP contribution in [0.2, 0.25) is 0 Å². The van der Waals surface area contributed by atoms with Gasteiger partial charge in [0.15, 0.2) is 0 Å². The van der Waals surface area contributed by atoms with Crippen molar-refractivity contribution in [1.82, 2.24) is 9.80 Å². The van der Waals surface area contributed by atoms with Crippen LogP contribution >= 0.6 is 0 Å². The predicted molar refractivity (Wildman–Crippen MR) is 103 cm³/mol. The molecule has 0 saturated carbocycles. The number of hydrogen-bond donors (Lipinski definition) is 1. The number of nitrogens with one attached hydrogen (secondary N) is 1. The third kappa shape index (κ3) is 5.15. The van der Waals surface area contributed by atoms with Crippen molar-refractivity contribution in [2.45, 2.75) is 6.42 Å². The van der Waals surface area contributed by atoms with Gasteiger partial charge in [0.1, 0.15) is 5.82 Å². The molecule has 28 heavy (non-hydrogen) atoms. The van der Waals surface area contributed by atoms with Gasteiger partial charge in [0.2, 0.25) is 5.91 Å². The van der Waals surface area contributed by atoms with Crippen LogP contribution in [0.5, 0.6) is 0 Å². The van der Waals surface area contributed by atoms with Crippen molar-refractivity contribution in [2.75, 3.05) is 38.0 Å². The molecule has 0 aliphatic carbocycles. The van der Waals surface area contributed by atoms with Crippen LogP contribution in [0.3, 0.4) is 0 Å². The van der Waals surface area contributed by atoms with Crippen LogP contribution in [0.25, 0.3) is 0 Å². The minimum atomic E-state index is -0.361. The molecule has 0 unspecified atom stereocenters. The smallest absolute Gasteiger partial charge is 0.253 e. The maximum Gasteiger partial charge on any atom is 0.253 e. The molecule has 1 heterocycles. The molecule has 0 bridgehead atoms. The number of nitrogens with zero attached hydrogens (tertiary/aromatic N) is 3. The van der Waals surface area contributed by atoms with Gasteiger partial charge in [-0.1, -0.05) is 0 Å². The lowest BCUT2D eigenvalue weighted by Crippen LogP contribution is -2.49. The average Bonchev–Trinajstić information content (AvgIpc) is 2.73. The maximum absolute atomic E-state index is 13.0. The van der Waals surface area contributed by atoms with Crippen molar-refractivity contribution < 1.29 is 14.0 Å². The van der Waals surface area contributed by atoms with E-state index in [1.165, 1.54) is 24.3 Å². The summed E-state index contributed by atoms with van der Waals surface area (Å²) < 4.78 is 13.0. The molecule has 0 aromatic heterocycles. The number of anilines is 1. The summed E-state index contributed by atoms with van der Waals surface area (Å²) in [6.45, 7) is 3.15. The molecule has 0 radical (unpaired) electrons. The van der Waals surface area contributed by atoms with Gasteiger partial charge in [0.05, 0.1) is 11.6 Å². The molecule has 6 nitrogen and oxygen atoms in total. The lowest BCUT2D eigenvalue weighted by molar-refractivity contribution is -0.116. The highest BCUT2D eigenvalue weighted by atomic mass is 19.1. The highest BCUT2D eigenvalue weighted by Crippen LogP contribution is 2.12. The number of benzene rings is 2. The van der Waals surface area contributed by atoms with E-state index in [4.69, 9.17) is 5.26 Å². The molecule has 1 saturated heterocycles. The van der Waals surface area contributed by atoms with Crippen molar-refractivity contribution in [2.24, 2.45) is 0 Å². The number of amides is 2.